The molecule has 1 aromatic carbocycles. The number of rotatable bonds is 4. The molecule has 3 N–H and O–H groups in total. The van der Waals surface area contributed by atoms with E-state index in [1.54, 1.807) is 7.05 Å². The van der Waals surface area contributed by atoms with Gasteiger partial charge in [0.15, 0.2) is 0 Å². The molecule has 130 valence electrons. The van der Waals surface area contributed by atoms with Gasteiger partial charge in [-0.1, -0.05) is 30.3 Å². The lowest BCUT2D eigenvalue weighted by Crippen LogP contribution is -2.23. The third-order valence-corrected chi connectivity index (χ3v) is 3.98. The molecule has 8 nitrogen and oxygen atoms in total. The van der Waals surface area contributed by atoms with Crippen LogP contribution in [0.3, 0.4) is 0 Å². The number of hydrogen-bond donors (Lipinski definition) is 2. The molecule has 1 atom stereocenters. The summed E-state index contributed by atoms with van der Waals surface area (Å²) in [5.74, 6) is 0.412. The van der Waals surface area contributed by atoms with Crippen molar-refractivity contribution in [2.45, 2.75) is 13.0 Å². The predicted octanol–water partition coefficient (Wildman–Crippen LogP) is 1.86. The van der Waals surface area contributed by atoms with Crippen LogP contribution in [0.2, 0.25) is 0 Å². The molecule has 26 heavy (non-hydrogen) atoms. The average Bonchev–Trinajstić information content (AvgIpc) is 2.64. The summed E-state index contributed by atoms with van der Waals surface area (Å²) in [5.41, 5.74) is 7.92. The van der Waals surface area contributed by atoms with E-state index in [9.17, 15) is 10.1 Å². The van der Waals surface area contributed by atoms with E-state index in [2.05, 4.69) is 20.4 Å². The summed E-state index contributed by atoms with van der Waals surface area (Å²) >= 11 is 0. The Morgan fingerprint density at radius 2 is 2.00 bits per heavy atom. The highest BCUT2D eigenvalue weighted by Gasteiger charge is 2.18. The number of aryl methyl sites for hydroxylation is 1. The van der Waals surface area contributed by atoms with Gasteiger partial charge in [-0.3, -0.25) is 4.79 Å². The second kappa shape index (κ2) is 7.03. The average molecular weight is 347 g/mol. The molecular weight excluding hydrogens is 330 g/mol. The minimum Gasteiger partial charge on any atom is -0.382 e. The molecule has 0 bridgehead atoms. The van der Waals surface area contributed by atoms with Crippen LogP contribution in [0.1, 0.15) is 24.1 Å². The molecule has 2 aromatic heterocycles. The number of anilines is 2. The third kappa shape index (κ3) is 3.23. The van der Waals surface area contributed by atoms with Gasteiger partial charge >= 0.3 is 0 Å². The molecule has 3 aromatic rings. The second-order valence-corrected chi connectivity index (χ2v) is 5.74. The topological polar surface area (TPSA) is 123 Å². The second-order valence-electron chi connectivity index (χ2n) is 5.74. The van der Waals surface area contributed by atoms with Gasteiger partial charge in [-0.2, -0.15) is 10.4 Å². The molecule has 1 unspecified atom stereocenters. The minimum absolute atomic E-state index is 0.0996. The summed E-state index contributed by atoms with van der Waals surface area (Å²) in [7, 11) is 1.61. The maximum atomic E-state index is 12.1. The summed E-state index contributed by atoms with van der Waals surface area (Å²) in [6, 6.07) is 12.8. The lowest BCUT2D eigenvalue weighted by molar-refractivity contribution is 0.696. The lowest BCUT2D eigenvalue weighted by Gasteiger charge is -2.19. The van der Waals surface area contributed by atoms with Crippen molar-refractivity contribution in [3.63, 3.8) is 0 Å². The number of nitriles is 1. The Balaban J connectivity index is 2.07. The van der Waals surface area contributed by atoms with Crippen molar-refractivity contribution in [2.75, 3.05) is 11.1 Å². The van der Waals surface area contributed by atoms with Crippen LogP contribution in [0.4, 0.5) is 11.6 Å². The van der Waals surface area contributed by atoms with Crippen molar-refractivity contribution in [3.8, 4) is 17.3 Å². The van der Waals surface area contributed by atoms with Crippen LogP contribution in [0.25, 0.3) is 11.3 Å². The lowest BCUT2D eigenvalue weighted by atomic mass is 10.0. The van der Waals surface area contributed by atoms with Crippen LogP contribution < -0.4 is 16.6 Å². The SMILES string of the molecule is CC(Nc1ncnc(N)c1C#N)c1cc(=O)n(C)nc1-c1ccccc1. The molecule has 0 amide bonds. The van der Waals surface area contributed by atoms with Gasteiger partial charge in [-0.25, -0.2) is 14.6 Å². The molecule has 0 aliphatic rings. The third-order valence-electron chi connectivity index (χ3n) is 3.98. The van der Waals surface area contributed by atoms with Gasteiger partial charge in [0.05, 0.1) is 11.7 Å². The van der Waals surface area contributed by atoms with Crippen LogP contribution in [0.5, 0.6) is 0 Å². The zero-order valence-electron chi connectivity index (χ0n) is 14.3. The van der Waals surface area contributed by atoms with Gasteiger partial charge in [0.1, 0.15) is 29.6 Å². The Hall–Kier alpha value is -3.73. The standard InChI is InChI=1S/C18H17N7O/c1-11(23-18-14(9-19)17(20)21-10-22-18)13-8-15(26)25(2)24-16(13)12-6-4-3-5-7-12/h3-8,10-11H,1-2H3,(H3,20,21,22,23). The van der Waals surface area contributed by atoms with Crippen molar-refractivity contribution in [1.82, 2.24) is 19.7 Å². The fourth-order valence-electron chi connectivity index (χ4n) is 2.60. The van der Waals surface area contributed by atoms with E-state index >= 15 is 0 Å². The number of benzene rings is 1. The van der Waals surface area contributed by atoms with Gasteiger partial charge in [-0.15, -0.1) is 0 Å². The first-order valence-corrected chi connectivity index (χ1v) is 7.92. The number of nitrogen functional groups attached to an aromatic ring is 1. The molecule has 8 heteroatoms. The summed E-state index contributed by atoms with van der Waals surface area (Å²) in [5, 5.41) is 16.8. The molecule has 0 saturated carbocycles. The molecule has 0 fully saturated rings. The Labute approximate surface area is 150 Å². The molecule has 0 radical (unpaired) electrons. The summed E-state index contributed by atoms with van der Waals surface area (Å²) < 4.78 is 1.29. The number of aromatic nitrogens is 4. The molecule has 0 aliphatic carbocycles. The highest BCUT2D eigenvalue weighted by molar-refractivity contribution is 5.66. The summed E-state index contributed by atoms with van der Waals surface area (Å²) in [6.45, 7) is 1.86. The van der Waals surface area contributed by atoms with Gasteiger partial charge in [-0.05, 0) is 6.92 Å². The Morgan fingerprint density at radius 1 is 1.27 bits per heavy atom. The first kappa shape index (κ1) is 17.1. The Morgan fingerprint density at radius 3 is 2.69 bits per heavy atom. The van der Waals surface area contributed by atoms with Crippen LogP contribution in [-0.4, -0.2) is 19.7 Å². The predicted molar refractivity (Wildman–Crippen MR) is 98.1 cm³/mol. The van der Waals surface area contributed by atoms with Crippen LogP contribution >= 0.6 is 0 Å². The van der Waals surface area contributed by atoms with Gasteiger partial charge in [0.2, 0.25) is 0 Å². The maximum Gasteiger partial charge on any atom is 0.266 e. The quantitative estimate of drug-likeness (QED) is 0.738. The smallest absolute Gasteiger partial charge is 0.266 e. The van der Waals surface area contributed by atoms with Crippen molar-refractivity contribution in [3.05, 3.63) is 64.2 Å². The van der Waals surface area contributed by atoms with Crippen molar-refractivity contribution >= 4 is 11.6 Å². The summed E-state index contributed by atoms with van der Waals surface area (Å²) in [6.07, 6.45) is 1.28. The first-order valence-electron chi connectivity index (χ1n) is 7.92. The minimum atomic E-state index is -0.340. The van der Waals surface area contributed by atoms with E-state index in [0.29, 0.717) is 17.1 Å². The first-order chi connectivity index (χ1) is 12.5. The fourth-order valence-corrected chi connectivity index (χ4v) is 2.60. The van der Waals surface area contributed by atoms with Crippen LogP contribution in [-0.2, 0) is 7.05 Å². The van der Waals surface area contributed by atoms with Gasteiger partial charge in [0.25, 0.3) is 5.56 Å². The van der Waals surface area contributed by atoms with Crippen molar-refractivity contribution < 1.29 is 0 Å². The van der Waals surface area contributed by atoms with E-state index < -0.39 is 0 Å². The molecule has 2 heterocycles. The van der Waals surface area contributed by atoms with Crippen LogP contribution in [0, 0.1) is 11.3 Å². The van der Waals surface area contributed by atoms with Gasteiger partial charge in [0, 0.05) is 24.2 Å². The highest BCUT2D eigenvalue weighted by atomic mass is 16.1. The zero-order valence-corrected chi connectivity index (χ0v) is 14.3. The fraction of sp³-hybridized carbons (Fsp3) is 0.167. The highest BCUT2D eigenvalue weighted by Crippen LogP contribution is 2.28. The van der Waals surface area contributed by atoms with E-state index in [-0.39, 0.29) is 23.0 Å². The van der Waals surface area contributed by atoms with E-state index in [1.807, 2.05) is 43.3 Å². The number of nitrogens with two attached hydrogens (primary N) is 1. The molecule has 0 saturated heterocycles. The number of nitrogens with one attached hydrogen (secondary N) is 1. The largest absolute Gasteiger partial charge is 0.382 e. The van der Waals surface area contributed by atoms with Gasteiger partial charge < -0.3 is 11.1 Å². The maximum absolute atomic E-state index is 12.1. The Kier molecular flexibility index (Phi) is 4.62. The van der Waals surface area contributed by atoms with E-state index in [1.165, 1.54) is 17.1 Å². The normalized spacial score (nSPS) is 11.6. The summed E-state index contributed by atoms with van der Waals surface area (Å²) in [4.78, 5) is 20.0. The monoisotopic (exact) mass is 347 g/mol. The van der Waals surface area contributed by atoms with Crippen LogP contribution in [0.15, 0.2) is 47.5 Å². The van der Waals surface area contributed by atoms with Crippen molar-refractivity contribution in [1.29, 1.82) is 5.26 Å². The Bertz CT molecular complexity index is 1040. The number of nitrogens with zero attached hydrogens (tertiary/aromatic N) is 5. The molecular formula is C18H17N7O. The molecule has 0 aliphatic heterocycles. The van der Waals surface area contributed by atoms with E-state index in [4.69, 9.17) is 5.73 Å². The van der Waals surface area contributed by atoms with Crippen molar-refractivity contribution in [2.24, 2.45) is 7.05 Å². The molecule has 3 rings (SSSR count). The zero-order chi connectivity index (χ0) is 18.7. The molecule has 0 spiro atoms. The van der Waals surface area contributed by atoms with E-state index in [0.717, 1.165) is 5.56 Å². The number of hydrogen-bond acceptors (Lipinski definition) is 7.